The quantitative estimate of drug-likeness (QED) is 0.762. The van der Waals surface area contributed by atoms with Crippen molar-refractivity contribution in [1.29, 1.82) is 0 Å². The molecule has 0 bridgehead atoms. The van der Waals surface area contributed by atoms with Gasteiger partial charge in [0.05, 0.1) is 35.9 Å². The number of aromatic nitrogens is 3. The Morgan fingerprint density at radius 3 is 2.79 bits per heavy atom. The van der Waals surface area contributed by atoms with E-state index >= 15 is 0 Å². The first kappa shape index (κ1) is 19.4. The normalized spacial score (nSPS) is 19.7. The second kappa shape index (κ2) is 7.18. The second-order valence-electron chi connectivity index (χ2n) is 7.36. The van der Waals surface area contributed by atoms with Crippen LogP contribution in [0.3, 0.4) is 0 Å². The van der Waals surface area contributed by atoms with E-state index in [4.69, 9.17) is 9.47 Å². The summed E-state index contributed by atoms with van der Waals surface area (Å²) < 4.78 is 54.1. The summed E-state index contributed by atoms with van der Waals surface area (Å²) in [5.41, 5.74) is 1.74. The molecule has 0 atom stereocenters. The van der Waals surface area contributed by atoms with Crippen LogP contribution in [-0.2, 0) is 39.3 Å². The van der Waals surface area contributed by atoms with Crippen LogP contribution in [0, 0.1) is 12.7 Å². The topological polar surface area (TPSA) is 86.6 Å². The number of nitrogens with zero attached hydrogens (tertiary/aromatic N) is 4. The van der Waals surface area contributed by atoms with Crippen molar-refractivity contribution < 1.29 is 22.3 Å². The molecule has 0 aliphatic carbocycles. The predicted octanol–water partition coefficient (Wildman–Crippen LogP) is 1.63. The monoisotopic (exact) mass is 410 g/mol. The van der Waals surface area contributed by atoms with Crippen molar-refractivity contribution in [2.24, 2.45) is 0 Å². The zero-order valence-corrected chi connectivity index (χ0v) is 16.7. The molecule has 152 valence electrons. The summed E-state index contributed by atoms with van der Waals surface area (Å²) in [5.74, 6) is -0.557. The molecule has 2 aromatic rings. The standard InChI is InChI=1S/C18H23FN4O4S/c1-13-3-4-14(19)9-17(13)28(24,25)22-7-5-18(6-8-22)12-23-16(11-27-18)15(10-26-2)20-21-23/h3-4,9H,5-8,10-12H2,1-2H3. The van der Waals surface area contributed by atoms with Crippen molar-refractivity contribution in [2.75, 3.05) is 20.2 Å². The zero-order chi connectivity index (χ0) is 19.9. The molecule has 3 heterocycles. The van der Waals surface area contributed by atoms with Crippen molar-refractivity contribution >= 4 is 10.0 Å². The fourth-order valence-corrected chi connectivity index (χ4v) is 5.55. The van der Waals surface area contributed by atoms with Crippen LogP contribution < -0.4 is 0 Å². The first-order chi connectivity index (χ1) is 13.3. The molecular weight excluding hydrogens is 387 g/mol. The highest BCUT2D eigenvalue weighted by molar-refractivity contribution is 7.89. The van der Waals surface area contributed by atoms with Crippen LogP contribution in [0.15, 0.2) is 23.1 Å². The molecule has 0 unspecified atom stereocenters. The van der Waals surface area contributed by atoms with Gasteiger partial charge in [-0.2, -0.15) is 4.31 Å². The number of ether oxygens (including phenoxy) is 2. The molecule has 1 aromatic carbocycles. The molecule has 1 spiro atoms. The lowest BCUT2D eigenvalue weighted by molar-refractivity contribution is -0.117. The van der Waals surface area contributed by atoms with E-state index in [0.29, 0.717) is 51.3 Å². The van der Waals surface area contributed by atoms with Crippen LogP contribution in [0.5, 0.6) is 0 Å². The van der Waals surface area contributed by atoms with E-state index in [1.165, 1.54) is 16.4 Å². The summed E-state index contributed by atoms with van der Waals surface area (Å²) in [6.07, 6.45) is 1.08. The molecule has 0 N–H and O–H groups in total. The molecule has 0 amide bonds. The van der Waals surface area contributed by atoms with E-state index in [-0.39, 0.29) is 4.90 Å². The van der Waals surface area contributed by atoms with Gasteiger partial charge in [0.2, 0.25) is 10.0 Å². The van der Waals surface area contributed by atoms with E-state index in [9.17, 15) is 12.8 Å². The summed E-state index contributed by atoms with van der Waals surface area (Å²) >= 11 is 0. The number of sulfonamides is 1. The second-order valence-corrected chi connectivity index (χ2v) is 9.27. The predicted molar refractivity (Wildman–Crippen MR) is 97.4 cm³/mol. The minimum Gasteiger partial charge on any atom is -0.378 e. The molecular formula is C18H23FN4O4S. The van der Waals surface area contributed by atoms with Gasteiger partial charge in [-0.15, -0.1) is 5.10 Å². The molecule has 1 saturated heterocycles. The maximum absolute atomic E-state index is 13.6. The van der Waals surface area contributed by atoms with Gasteiger partial charge in [-0.3, -0.25) is 0 Å². The molecule has 0 saturated carbocycles. The maximum Gasteiger partial charge on any atom is 0.243 e. The van der Waals surface area contributed by atoms with E-state index in [2.05, 4.69) is 10.3 Å². The van der Waals surface area contributed by atoms with Gasteiger partial charge in [-0.05, 0) is 37.5 Å². The number of piperidine rings is 1. The van der Waals surface area contributed by atoms with Crippen LogP contribution in [0.2, 0.25) is 0 Å². The van der Waals surface area contributed by atoms with Crippen LogP contribution in [0.25, 0.3) is 0 Å². The summed E-state index contributed by atoms with van der Waals surface area (Å²) in [4.78, 5) is 0.0239. The fraction of sp³-hybridized carbons (Fsp3) is 0.556. The average Bonchev–Trinajstić information content (AvgIpc) is 3.06. The molecule has 1 fully saturated rings. The van der Waals surface area contributed by atoms with Crippen LogP contribution in [-0.4, -0.2) is 53.5 Å². The Balaban J connectivity index is 1.49. The van der Waals surface area contributed by atoms with Crippen molar-refractivity contribution in [3.05, 3.63) is 41.0 Å². The first-order valence-corrected chi connectivity index (χ1v) is 10.6. The number of methoxy groups -OCH3 is 1. The Morgan fingerprint density at radius 2 is 2.07 bits per heavy atom. The summed E-state index contributed by atoms with van der Waals surface area (Å²) in [7, 11) is -2.14. The van der Waals surface area contributed by atoms with E-state index in [1.807, 2.05) is 4.68 Å². The van der Waals surface area contributed by atoms with Gasteiger partial charge in [0.1, 0.15) is 11.5 Å². The molecule has 8 nitrogen and oxygen atoms in total. The van der Waals surface area contributed by atoms with Crippen molar-refractivity contribution in [1.82, 2.24) is 19.3 Å². The summed E-state index contributed by atoms with van der Waals surface area (Å²) in [6.45, 7) is 3.59. The fourth-order valence-electron chi connectivity index (χ4n) is 3.87. The number of fused-ring (bicyclic) bond motifs is 1. The number of hydrogen-bond acceptors (Lipinski definition) is 6. The van der Waals surface area contributed by atoms with Gasteiger partial charge in [0.15, 0.2) is 0 Å². The molecule has 0 radical (unpaired) electrons. The highest BCUT2D eigenvalue weighted by Gasteiger charge is 2.43. The van der Waals surface area contributed by atoms with Crippen molar-refractivity contribution in [3.63, 3.8) is 0 Å². The third-order valence-corrected chi connectivity index (χ3v) is 7.59. The van der Waals surface area contributed by atoms with E-state index in [0.717, 1.165) is 17.5 Å². The average molecular weight is 410 g/mol. The molecule has 2 aliphatic heterocycles. The molecule has 28 heavy (non-hydrogen) atoms. The van der Waals surface area contributed by atoms with E-state index < -0.39 is 21.4 Å². The van der Waals surface area contributed by atoms with Crippen LogP contribution in [0.1, 0.15) is 29.8 Å². The van der Waals surface area contributed by atoms with Gasteiger partial charge in [-0.25, -0.2) is 17.5 Å². The summed E-state index contributed by atoms with van der Waals surface area (Å²) in [6, 6.07) is 3.84. The smallest absolute Gasteiger partial charge is 0.243 e. The molecule has 1 aromatic heterocycles. The Bertz CT molecular complexity index is 983. The highest BCUT2D eigenvalue weighted by Crippen LogP contribution is 2.35. The van der Waals surface area contributed by atoms with Gasteiger partial charge < -0.3 is 9.47 Å². The molecule has 2 aliphatic rings. The van der Waals surface area contributed by atoms with Gasteiger partial charge in [-0.1, -0.05) is 11.3 Å². The van der Waals surface area contributed by atoms with Crippen molar-refractivity contribution in [2.45, 2.75) is 50.0 Å². The van der Waals surface area contributed by atoms with Crippen LogP contribution >= 0.6 is 0 Å². The number of aryl methyl sites for hydroxylation is 1. The molecule has 10 heteroatoms. The lowest BCUT2D eigenvalue weighted by Crippen LogP contribution is -2.52. The Morgan fingerprint density at radius 1 is 1.32 bits per heavy atom. The third kappa shape index (κ3) is 3.34. The molecule has 4 rings (SSSR count). The maximum atomic E-state index is 13.6. The minimum absolute atomic E-state index is 0.0239. The Hall–Kier alpha value is -1.88. The Labute approximate surface area is 163 Å². The van der Waals surface area contributed by atoms with Gasteiger partial charge >= 0.3 is 0 Å². The Kier molecular flexibility index (Phi) is 4.98. The SMILES string of the molecule is COCc1nnn2c1COC1(CCN(S(=O)(=O)c3cc(F)ccc3C)CC1)C2. The number of benzene rings is 1. The minimum atomic E-state index is -3.75. The summed E-state index contributed by atoms with van der Waals surface area (Å²) in [5, 5.41) is 8.34. The lowest BCUT2D eigenvalue weighted by atomic mass is 9.91. The highest BCUT2D eigenvalue weighted by atomic mass is 32.2. The number of halogens is 1. The first-order valence-electron chi connectivity index (χ1n) is 9.15. The lowest BCUT2D eigenvalue weighted by Gasteiger charge is -2.43. The number of rotatable bonds is 4. The van der Waals surface area contributed by atoms with Gasteiger partial charge in [0.25, 0.3) is 0 Å². The van der Waals surface area contributed by atoms with Gasteiger partial charge in [0, 0.05) is 20.2 Å². The van der Waals surface area contributed by atoms with Crippen LogP contribution in [0.4, 0.5) is 4.39 Å². The van der Waals surface area contributed by atoms with E-state index in [1.54, 1.807) is 14.0 Å². The number of hydrogen-bond donors (Lipinski definition) is 0. The third-order valence-electron chi connectivity index (χ3n) is 5.55. The largest absolute Gasteiger partial charge is 0.378 e. The van der Waals surface area contributed by atoms with Crippen molar-refractivity contribution in [3.8, 4) is 0 Å². The zero-order valence-electron chi connectivity index (χ0n) is 15.9.